The summed E-state index contributed by atoms with van der Waals surface area (Å²) in [6.07, 6.45) is 3.34. The van der Waals surface area contributed by atoms with Crippen LogP contribution in [0.15, 0.2) is 51.8 Å². The summed E-state index contributed by atoms with van der Waals surface area (Å²) in [4.78, 5) is 0. The van der Waals surface area contributed by atoms with Gasteiger partial charge >= 0.3 is 0 Å². The summed E-state index contributed by atoms with van der Waals surface area (Å²) >= 11 is 5.37. The Morgan fingerprint density at radius 3 is 2.86 bits per heavy atom. The second-order valence-corrected chi connectivity index (χ2v) is 4.70. The van der Waals surface area contributed by atoms with E-state index in [1.165, 1.54) is 17.0 Å². The SMILES string of the molecule is NC(=NCl)n1cc(-c2ccon2)c(Cc2ccccc2F)n1. The van der Waals surface area contributed by atoms with Crippen LogP contribution >= 0.6 is 11.8 Å². The lowest BCUT2D eigenvalue weighted by Crippen LogP contribution is -2.22. The Bertz CT molecular complexity index is 813. The molecule has 0 bridgehead atoms. The minimum Gasteiger partial charge on any atom is -0.367 e. The third-order valence-corrected chi connectivity index (χ3v) is 3.31. The van der Waals surface area contributed by atoms with Crippen molar-refractivity contribution in [3.63, 3.8) is 0 Å². The molecule has 6 nitrogen and oxygen atoms in total. The van der Waals surface area contributed by atoms with Crippen LogP contribution in [0, 0.1) is 5.82 Å². The van der Waals surface area contributed by atoms with Gasteiger partial charge < -0.3 is 10.3 Å². The van der Waals surface area contributed by atoms with Crippen molar-refractivity contribution in [1.82, 2.24) is 14.9 Å². The van der Waals surface area contributed by atoms with Crippen molar-refractivity contribution in [1.29, 1.82) is 0 Å². The molecular weight excluding hydrogens is 309 g/mol. The van der Waals surface area contributed by atoms with Crippen LogP contribution in [-0.4, -0.2) is 20.9 Å². The van der Waals surface area contributed by atoms with Crippen molar-refractivity contribution in [2.75, 3.05) is 0 Å². The van der Waals surface area contributed by atoms with Crippen LogP contribution in [0.3, 0.4) is 0 Å². The molecule has 0 saturated carbocycles. The van der Waals surface area contributed by atoms with E-state index >= 15 is 0 Å². The maximum Gasteiger partial charge on any atom is 0.233 e. The van der Waals surface area contributed by atoms with Gasteiger partial charge in [0.15, 0.2) is 0 Å². The smallest absolute Gasteiger partial charge is 0.233 e. The van der Waals surface area contributed by atoms with E-state index < -0.39 is 0 Å². The van der Waals surface area contributed by atoms with Crippen molar-refractivity contribution < 1.29 is 8.91 Å². The summed E-state index contributed by atoms with van der Waals surface area (Å²) in [6, 6.07) is 8.17. The normalized spacial score (nSPS) is 11.8. The molecule has 3 rings (SSSR count). The van der Waals surface area contributed by atoms with Gasteiger partial charge in [0.25, 0.3) is 0 Å². The molecule has 0 aliphatic carbocycles. The lowest BCUT2D eigenvalue weighted by atomic mass is 10.1. The molecule has 0 spiro atoms. The third kappa shape index (κ3) is 2.71. The number of halogens is 2. The molecule has 0 amide bonds. The van der Waals surface area contributed by atoms with Gasteiger partial charge in [-0.25, -0.2) is 9.07 Å². The fraction of sp³-hybridized carbons (Fsp3) is 0.0714. The fourth-order valence-corrected chi connectivity index (χ4v) is 2.16. The molecule has 0 atom stereocenters. The van der Waals surface area contributed by atoms with Gasteiger partial charge in [-0.15, -0.1) is 4.51 Å². The summed E-state index contributed by atoms with van der Waals surface area (Å²) < 4.78 is 23.4. The highest BCUT2D eigenvalue weighted by Gasteiger charge is 2.16. The highest BCUT2D eigenvalue weighted by molar-refractivity contribution is 6.19. The predicted molar refractivity (Wildman–Crippen MR) is 79.8 cm³/mol. The Labute approximate surface area is 130 Å². The molecule has 0 aliphatic rings. The minimum absolute atomic E-state index is 0.00574. The molecule has 112 valence electrons. The molecule has 0 saturated heterocycles. The second-order valence-electron chi connectivity index (χ2n) is 4.53. The van der Waals surface area contributed by atoms with Crippen molar-refractivity contribution in [3.8, 4) is 11.3 Å². The molecule has 0 radical (unpaired) electrons. The quantitative estimate of drug-likeness (QED) is 0.594. The maximum absolute atomic E-state index is 13.8. The van der Waals surface area contributed by atoms with Crippen LogP contribution in [0.2, 0.25) is 0 Å². The minimum atomic E-state index is -0.304. The highest BCUT2D eigenvalue weighted by atomic mass is 35.5. The number of hydrogen-bond donors (Lipinski definition) is 1. The molecule has 2 aromatic heterocycles. The largest absolute Gasteiger partial charge is 0.367 e. The van der Waals surface area contributed by atoms with E-state index in [0.29, 0.717) is 22.5 Å². The topological polar surface area (TPSA) is 82.2 Å². The van der Waals surface area contributed by atoms with E-state index in [1.54, 1.807) is 30.5 Å². The molecule has 3 aromatic rings. The first kappa shape index (κ1) is 14.3. The number of nitrogens with two attached hydrogens (primary N) is 1. The summed E-state index contributed by atoms with van der Waals surface area (Å²) in [5.74, 6) is -0.298. The molecule has 22 heavy (non-hydrogen) atoms. The first-order valence-electron chi connectivity index (χ1n) is 6.36. The van der Waals surface area contributed by atoms with Crippen LogP contribution in [0.4, 0.5) is 4.39 Å². The van der Waals surface area contributed by atoms with Crippen LogP contribution < -0.4 is 5.73 Å². The molecule has 2 N–H and O–H groups in total. The van der Waals surface area contributed by atoms with Crippen molar-refractivity contribution in [3.05, 3.63) is 59.9 Å². The molecule has 0 fully saturated rings. The zero-order chi connectivity index (χ0) is 15.5. The standard InChI is InChI=1S/C14H11ClFN5O/c15-18-14(17)21-8-10(12-5-6-22-20-12)13(19-21)7-9-3-1-2-4-11(9)16/h1-6,8H,7H2,(H2,17,18). The van der Waals surface area contributed by atoms with Crippen LogP contribution in [-0.2, 0) is 6.42 Å². The Kier molecular flexibility index (Phi) is 3.88. The zero-order valence-corrected chi connectivity index (χ0v) is 12.0. The molecular formula is C14H11ClFN5O. The van der Waals surface area contributed by atoms with Crippen LogP contribution in [0.1, 0.15) is 11.3 Å². The Balaban J connectivity index is 2.06. The Morgan fingerprint density at radius 1 is 1.36 bits per heavy atom. The molecule has 0 aliphatic heterocycles. The lowest BCUT2D eigenvalue weighted by Gasteiger charge is -2.02. The van der Waals surface area contributed by atoms with Crippen LogP contribution in [0.5, 0.6) is 0 Å². The number of benzene rings is 1. The van der Waals surface area contributed by atoms with Crippen molar-refractivity contribution in [2.45, 2.75) is 6.42 Å². The molecule has 8 heteroatoms. The van der Waals surface area contributed by atoms with Gasteiger partial charge in [-0.3, -0.25) is 0 Å². The van der Waals surface area contributed by atoms with Crippen molar-refractivity contribution in [2.24, 2.45) is 10.2 Å². The fourth-order valence-electron chi connectivity index (χ4n) is 2.08. The van der Waals surface area contributed by atoms with Crippen molar-refractivity contribution >= 4 is 17.7 Å². The highest BCUT2D eigenvalue weighted by Crippen LogP contribution is 2.24. The van der Waals surface area contributed by atoms with E-state index in [9.17, 15) is 4.39 Å². The van der Waals surface area contributed by atoms with E-state index in [4.69, 9.17) is 22.0 Å². The van der Waals surface area contributed by atoms with E-state index in [2.05, 4.69) is 14.8 Å². The summed E-state index contributed by atoms with van der Waals surface area (Å²) in [6.45, 7) is 0. The van der Waals surface area contributed by atoms with E-state index in [1.807, 2.05) is 0 Å². The summed E-state index contributed by atoms with van der Waals surface area (Å²) in [7, 11) is 0. The lowest BCUT2D eigenvalue weighted by molar-refractivity contribution is 0.422. The van der Waals surface area contributed by atoms with Gasteiger partial charge in [0.1, 0.15) is 17.8 Å². The molecule has 1 aromatic carbocycles. The maximum atomic E-state index is 13.8. The second kappa shape index (κ2) is 5.98. The molecule has 2 heterocycles. The van der Waals surface area contributed by atoms with Crippen LogP contribution in [0.25, 0.3) is 11.3 Å². The van der Waals surface area contributed by atoms with Gasteiger partial charge in [0.2, 0.25) is 5.96 Å². The third-order valence-electron chi connectivity index (χ3n) is 3.14. The average Bonchev–Trinajstić information content (AvgIpc) is 3.18. The number of nitrogens with zero attached hydrogens (tertiary/aromatic N) is 4. The zero-order valence-electron chi connectivity index (χ0n) is 11.3. The van der Waals surface area contributed by atoms with Gasteiger partial charge in [-0.05, 0) is 11.6 Å². The monoisotopic (exact) mass is 319 g/mol. The van der Waals surface area contributed by atoms with Gasteiger partial charge in [0, 0.05) is 36.0 Å². The molecule has 0 unspecified atom stereocenters. The summed E-state index contributed by atoms with van der Waals surface area (Å²) in [5.41, 5.74) is 7.99. The summed E-state index contributed by atoms with van der Waals surface area (Å²) in [5, 5.41) is 8.18. The van der Waals surface area contributed by atoms with Gasteiger partial charge in [-0.1, -0.05) is 23.4 Å². The first-order valence-corrected chi connectivity index (χ1v) is 6.70. The first-order chi connectivity index (χ1) is 10.7. The van der Waals surface area contributed by atoms with Gasteiger partial charge in [-0.2, -0.15) is 5.10 Å². The Hall–Kier alpha value is -2.67. The predicted octanol–water partition coefficient (Wildman–Crippen LogP) is 2.58. The van der Waals surface area contributed by atoms with E-state index in [-0.39, 0.29) is 18.2 Å². The van der Waals surface area contributed by atoms with E-state index in [0.717, 1.165) is 0 Å². The van der Waals surface area contributed by atoms with Gasteiger partial charge in [0.05, 0.1) is 5.69 Å². The number of aromatic nitrogens is 3. The Morgan fingerprint density at radius 2 is 2.18 bits per heavy atom. The average molecular weight is 320 g/mol. The number of hydrogen-bond acceptors (Lipinski definition) is 4. The number of rotatable bonds is 3.